The number of hydrogen-bond donors (Lipinski definition) is 0. The Morgan fingerprint density at radius 3 is 1.70 bits per heavy atom. The predicted octanol–water partition coefficient (Wildman–Crippen LogP) is 16.3. The van der Waals surface area contributed by atoms with Gasteiger partial charge in [-0.15, -0.1) is 0 Å². The number of hydrogen-bond acceptors (Lipinski definition) is 4. The summed E-state index contributed by atoms with van der Waals surface area (Å²) >= 11 is 1.85. The third-order valence-corrected chi connectivity index (χ3v) is 15.2. The van der Waals surface area contributed by atoms with Gasteiger partial charge in [-0.25, -0.2) is 15.0 Å². The molecule has 0 bridgehead atoms. The molecule has 14 aromatic rings. The summed E-state index contributed by atoms with van der Waals surface area (Å²) in [5, 5.41) is 8.47. The average molecular weight is 911 g/mol. The summed E-state index contributed by atoms with van der Waals surface area (Å²) in [6, 6.07) is 82.5. The molecule has 0 spiro atoms. The van der Waals surface area contributed by atoms with Gasteiger partial charge in [0.1, 0.15) is 5.65 Å². The molecule has 5 heterocycles. The fourth-order valence-electron chi connectivity index (χ4n) is 11.0. The zero-order chi connectivity index (χ0) is 45.9. The summed E-state index contributed by atoms with van der Waals surface area (Å²) in [5.41, 5.74) is 14.3. The van der Waals surface area contributed by atoms with Gasteiger partial charge in [-0.3, -0.25) is 9.13 Å². The van der Waals surface area contributed by atoms with Crippen molar-refractivity contribution in [3.8, 4) is 62.4 Å². The number of nitrogens with zero attached hydrogens (tertiary/aromatic N) is 6. The third kappa shape index (κ3) is 5.85. The lowest BCUT2D eigenvalue weighted by Crippen LogP contribution is -2.05. The van der Waals surface area contributed by atoms with Crippen LogP contribution in [0.25, 0.3) is 128 Å². The van der Waals surface area contributed by atoms with E-state index in [4.69, 9.17) is 15.0 Å². The minimum Gasteiger partial charge on any atom is -0.309 e. The summed E-state index contributed by atoms with van der Waals surface area (Å²) in [6.07, 6.45) is 0. The van der Waals surface area contributed by atoms with Gasteiger partial charge in [0.2, 0.25) is 0 Å². The second kappa shape index (κ2) is 15.2. The van der Waals surface area contributed by atoms with Crippen LogP contribution < -0.4 is 0 Å². The molecular weight excluding hydrogens is 873 g/mol. The van der Waals surface area contributed by atoms with Crippen LogP contribution in [0.4, 0.5) is 0 Å². The van der Waals surface area contributed by atoms with E-state index < -0.39 is 0 Å². The van der Waals surface area contributed by atoms with Crippen molar-refractivity contribution in [1.82, 2.24) is 28.7 Å². The summed E-state index contributed by atoms with van der Waals surface area (Å²) in [4.78, 5) is 18.3. The quantitative estimate of drug-likeness (QED) is 0.167. The van der Waals surface area contributed by atoms with Crippen molar-refractivity contribution in [2.24, 2.45) is 0 Å². The van der Waals surface area contributed by atoms with Gasteiger partial charge in [0.05, 0.1) is 27.8 Å². The fourth-order valence-corrected chi connectivity index (χ4v) is 12.1. The zero-order valence-corrected chi connectivity index (χ0v) is 38.3. The molecular formula is C63H38N6S. The number of para-hydroxylation sites is 5. The van der Waals surface area contributed by atoms with Crippen molar-refractivity contribution in [3.05, 3.63) is 231 Å². The largest absolute Gasteiger partial charge is 0.309 e. The van der Waals surface area contributed by atoms with E-state index in [2.05, 4.69) is 244 Å². The average Bonchev–Trinajstić information content (AvgIpc) is 4.08. The molecule has 15 rings (SSSR count). The lowest BCUT2D eigenvalue weighted by molar-refractivity contribution is 1.03. The molecule has 0 N–H and O–H groups in total. The normalized spacial score (nSPS) is 12.2. The molecule has 10 aromatic carbocycles. The molecule has 7 heteroatoms. The summed E-state index contributed by atoms with van der Waals surface area (Å²) < 4.78 is 7.29. The number of fused-ring (bicyclic) bond motifs is 11. The minimum absolute atomic E-state index is 0.613. The van der Waals surface area contributed by atoms with Crippen LogP contribution in [0.1, 0.15) is 0 Å². The Kier molecular flexibility index (Phi) is 8.49. The van der Waals surface area contributed by atoms with E-state index in [1.165, 1.54) is 64.5 Å². The Balaban J connectivity index is 0.909. The molecule has 0 amide bonds. The first-order valence-corrected chi connectivity index (χ1v) is 24.4. The highest BCUT2D eigenvalue weighted by Gasteiger charge is 2.29. The van der Waals surface area contributed by atoms with E-state index in [9.17, 15) is 0 Å². The van der Waals surface area contributed by atoms with Gasteiger partial charge in [-0.05, 0) is 88.6 Å². The molecule has 0 saturated heterocycles. The van der Waals surface area contributed by atoms with Gasteiger partial charge in [0.25, 0.3) is 0 Å². The van der Waals surface area contributed by atoms with Crippen molar-refractivity contribution in [3.63, 3.8) is 0 Å². The van der Waals surface area contributed by atoms with Crippen LogP contribution in [0, 0.1) is 0 Å². The Morgan fingerprint density at radius 2 is 0.900 bits per heavy atom. The van der Waals surface area contributed by atoms with Gasteiger partial charge in [-0.1, -0.05) is 176 Å². The second-order valence-electron chi connectivity index (χ2n) is 18.0. The van der Waals surface area contributed by atoms with E-state index in [1.807, 2.05) is 11.8 Å². The first kappa shape index (κ1) is 39.0. The van der Waals surface area contributed by atoms with E-state index in [0.29, 0.717) is 17.5 Å². The van der Waals surface area contributed by atoms with Crippen LogP contribution in [0.15, 0.2) is 240 Å². The minimum atomic E-state index is 0.613. The van der Waals surface area contributed by atoms with E-state index in [0.717, 1.165) is 55.6 Å². The fraction of sp³-hybridized carbons (Fsp3) is 0. The molecule has 1 aliphatic heterocycles. The second-order valence-corrected chi connectivity index (χ2v) is 19.1. The van der Waals surface area contributed by atoms with E-state index >= 15 is 0 Å². The Labute approximate surface area is 406 Å². The SMILES string of the molecule is c1ccc(-n2c3cccc(-c4ccc(-c5nc(-c6cccc(-n7c8ccccc8c8ccccc87)c6)nc(-c6ccc7ccccc7c6)n5)cc4)c3c3c4cccc5c4n(c32)-c2ccccc2S5)cc1. The predicted molar refractivity (Wildman–Crippen MR) is 289 cm³/mol. The van der Waals surface area contributed by atoms with Crippen molar-refractivity contribution < 1.29 is 0 Å². The molecule has 70 heavy (non-hydrogen) atoms. The highest BCUT2D eigenvalue weighted by molar-refractivity contribution is 7.99. The van der Waals surface area contributed by atoms with Crippen LogP contribution >= 0.6 is 11.8 Å². The number of benzene rings is 10. The summed E-state index contributed by atoms with van der Waals surface area (Å²) in [6.45, 7) is 0. The van der Waals surface area contributed by atoms with Gasteiger partial charge in [0, 0.05) is 64.8 Å². The Morgan fingerprint density at radius 1 is 0.329 bits per heavy atom. The molecule has 326 valence electrons. The van der Waals surface area contributed by atoms with Crippen molar-refractivity contribution >= 4 is 77.2 Å². The molecule has 1 aliphatic rings. The van der Waals surface area contributed by atoms with E-state index in [1.54, 1.807) is 0 Å². The first-order valence-electron chi connectivity index (χ1n) is 23.6. The maximum Gasteiger partial charge on any atom is 0.164 e. The number of rotatable bonds is 6. The van der Waals surface area contributed by atoms with Crippen molar-refractivity contribution in [1.29, 1.82) is 0 Å². The smallest absolute Gasteiger partial charge is 0.164 e. The maximum atomic E-state index is 5.28. The van der Waals surface area contributed by atoms with Crippen LogP contribution in [0.5, 0.6) is 0 Å². The van der Waals surface area contributed by atoms with Crippen LogP contribution in [0.2, 0.25) is 0 Å². The first-order chi connectivity index (χ1) is 34.7. The van der Waals surface area contributed by atoms with Crippen molar-refractivity contribution in [2.75, 3.05) is 0 Å². The molecule has 0 fully saturated rings. The molecule has 4 aromatic heterocycles. The molecule has 0 saturated carbocycles. The highest BCUT2D eigenvalue weighted by Crippen LogP contribution is 2.51. The summed E-state index contributed by atoms with van der Waals surface area (Å²) in [5.74, 6) is 1.85. The monoisotopic (exact) mass is 910 g/mol. The Hall–Kier alpha value is -9.04. The van der Waals surface area contributed by atoms with Crippen LogP contribution in [-0.2, 0) is 0 Å². The standard InChI is InChI=1S/C63H38N6S/c1-2-18-45(19-3-1)68-54-28-13-23-47(57(54)58-50-24-14-30-56-59(50)69(63(58)68)53-27-10-11-29-55(53)70-56)40-32-34-41(35-33-40)60-64-61(66-62(65-60)44-36-31-39-15-4-5-16-42(39)37-44)43-17-12-20-46(38-43)67-51-25-8-6-21-48(51)49-22-7-9-26-52(49)67/h1-38H. The lowest BCUT2D eigenvalue weighted by Gasteiger charge is -2.21. The van der Waals surface area contributed by atoms with Gasteiger partial charge < -0.3 is 4.57 Å². The van der Waals surface area contributed by atoms with Gasteiger partial charge in [0.15, 0.2) is 17.5 Å². The zero-order valence-electron chi connectivity index (χ0n) is 37.5. The lowest BCUT2D eigenvalue weighted by atomic mass is 9.98. The van der Waals surface area contributed by atoms with Crippen molar-refractivity contribution in [2.45, 2.75) is 9.79 Å². The summed E-state index contributed by atoms with van der Waals surface area (Å²) in [7, 11) is 0. The Bertz CT molecular complexity index is 4390. The topological polar surface area (TPSA) is 53.5 Å². The molecule has 0 aliphatic carbocycles. The van der Waals surface area contributed by atoms with Crippen LogP contribution in [-0.4, -0.2) is 28.7 Å². The van der Waals surface area contributed by atoms with Gasteiger partial charge in [-0.2, -0.15) is 0 Å². The third-order valence-electron chi connectivity index (χ3n) is 14.1. The molecule has 0 unspecified atom stereocenters. The van der Waals surface area contributed by atoms with Gasteiger partial charge >= 0.3 is 0 Å². The van der Waals surface area contributed by atoms with E-state index in [-0.39, 0.29) is 0 Å². The molecule has 0 radical (unpaired) electrons. The highest BCUT2D eigenvalue weighted by atomic mass is 32.2. The van der Waals surface area contributed by atoms with Crippen LogP contribution in [0.3, 0.4) is 0 Å². The maximum absolute atomic E-state index is 5.28. The molecule has 6 nitrogen and oxygen atoms in total. The molecule has 0 atom stereocenters. The number of aromatic nitrogens is 6.